The SMILES string of the molecule is O=C(NCCC1=CCCCC1)c1nnn(-c2ccc(OC(F)(F)F)cc2)n1. The van der Waals surface area contributed by atoms with Crippen molar-refractivity contribution in [2.45, 2.75) is 38.5 Å². The van der Waals surface area contributed by atoms with E-state index < -0.39 is 12.3 Å². The molecule has 1 aromatic heterocycles. The summed E-state index contributed by atoms with van der Waals surface area (Å²) in [5.41, 5.74) is 1.70. The van der Waals surface area contributed by atoms with Crippen molar-refractivity contribution in [3.05, 3.63) is 41.7 Å². The van der Waals surface area contributed by atoms with Gasteiger partial charge >= 0.3 is 6.36 Å². The molecule has 3 rings (SSSR count). The molecule has 0 radical (unpaired) electrons. The second kappa shape index (κ2) is 8.19. The number of ether oxygens (including phenoxy) is 1. The molecule has 0 saturated carbocycles. The lowest BCUT2D eigenvalue weighted by Crippen LogP contribution is -2.26. The maximum atomic E-state index is 12.2. The van der Waals surface area contributed by atoms with E-state index in [0.29, 0.717) is 12.2 Å². The summed E-state index contributed by atoms with van der Waals surface area (Å²) >= 11 is 0. The lowest BCUT2D eigenvalue weighted by Gasteiger charge is -2.12. The Hall–Kier alpha value is -2.91. The Bertz CT molecular complexity index is 815. The summed E-state index contributed by atoms with van der Waals surface area (Å²) in [7, 11) is 0. The van der Waals surface area contributed by atoms with E-state index in [2.05, 4.69) is 31.5 Å². The average Bonchev–Trinajstić information content (AvgIpc) is 3.12. The van der Waals surface area contributed by atoms with Crippen LogP contribution < -0.4 is 10.1 Å². The van der Waals surface area contributed by atoms with E-state index in [1.807, 2.05) is 0 Å². The number of aromatic nitrogens is 4. The number of amides is 1. The fraction of sp³-hybridized carbons (Fsp3) is 0.412. The van der Waals surface area contributed by atoms with Gasteiger partial charge in [0.2, 0.25) is 0 Å². The summed E-state index contributed by atoms with van der Waals surface area (Å²) in [6.45, 7) is 0.489. The van der Waals surface area contributed by atoms with Crippen LogP contribution in [-0.2, 0) is 0 Å². The molecule has 0 aliphatic heterocycles. The minimum atomic E-state index is -4.76. The van der Waals surface area contributed by atoms with Crippen molar-refractivity contribution in [3.63, 3.8) is 0 Å². The van der Waals surface area contributed by atoms with Crippen LogP contribution in [0.2, 0.25) is 0 Å². The van der Waals surface area contributed by atoms with Gasteiger partial charge in [0.1, 0.15) is 5.75 Å². The van der Waals surface area contributed by atoms with Gasteiger partial charge in [-0.1, -0.05) is 11.6 Å². The van der Waals surface area contributed by atoms with E-state index in [1.165, 1.54) is 30.5 Å². The Kier molecular flexibility index (Phi) is 5.72. The predicted octanol–water partition coefficient (Wildman–Crippen LogP) is 3.18. The molecule has 1 amide bonds. The summed E-state index contributed by atoms with van der Waals surface area (Å²) in [6, 6.07) is 4.92. The number of tetrazole rings is 1. The van der Waals surface area contributed by atoms with Gasteiger partial charge in [-0.05, 0) is 61.6 Å². The topological polar surface area (TPSA) is 81.9 Å². The molecule has 7 nitrogen and oxygen atoms in total. The third-order valence-corrected chi connectivity index (χ3v) is 4.03. The molecule has 10 heteroatoms. The predicted molar refractivity (Wildman–Crippen MR) is 89.3 cm³/mol. The second-order valence-electron chi connectivity index (χ2n) is 6.06. The highest BCUT2D eigenvalue weighted by molar-refractivity contribution is 5.90. The van der Waals surface area contributed by atoms with Gasteiger partial charge in [-0.15, -0.1) is 28.2 Å². The maximum Gasteiger partial charge on any atom is 0.573 e. The Balaban J connectivity index is 1.55. The molecule has 0 spiro atoms. The number of alkyl halides is 3. The lowest BCUT2D eigenvalue weighted by molar-refractivity contribution is -0.274. The molecule has 1 aliphatic rings. The zero-order chi connectivity index (χ0) is 19.3. The van der Waals surface area contributed by atoms with Crippen molar-refractivity contribution in [2.75, 3.05) is 6.54 Å². The van der Waals surface area contributed by atoms with E-state index in [0.717, 1.165) is 36.2 Å². The van der Waals surface area contributed by atoms with Gasteiger partial charge in [0, 0.05) is 6.54 Å². The minimum Gasteiger partial charge on any atom is -0.406 e. The zero-order valence-corrected chi connectivity index (χ0v) is 14.4. The first-order valence-corrected chi connectivity index (χ1v) is 8.53. The second-order valence-corrected chi connectivity index (χ2v) is 6.06. The quantitative estimate of drug-likeness (QED) is 0.778. The van der Waals surface area contributed by atoms with Crippen LogP contribution in [0.15, 0.2) is 35.9 Å². The summed E-state index contributed by atoms with van der Waals surface area (Å²) < 4.78 is 40.3. The van der Waals surface area contributed by atoms with Crippen LogP contribution in [0.5, 0.6) is 5.75 Å². The Labute approximate surface area is 153 Å². The number of allylic oxidation sites excluding steroid dienone is 1. The minimum absolute atomic E-state index is 0.108. The number of hydrogen-bond acceptors (Lipinski definition) is 5. The van der Waals surface area contributed by atoms with Gasteiger partial charge in [0.05, 0.1) is 5.69 Å². The molecule has 1 aliphatic carbocycles. The summed E-state index contributed by atoms with van der Waals surface area (Å²) in [5, 5.41) is 14.1. The average molecular weight is 381 g/mol. The number of carbonyl (C=O) groups is 1. The molecular weight excluding hydrogens is 363 g/mol. The fourth-order valence-corrected chi connectivity index (χ4v) is 2.74. The standard InChI is InChI=1S/C17H18F3N5O2/c18-17(19,20)27-14-8-6-13(7-9-14)25-23-15(22-24-25)16(26)21-11-10-12-4-2-1-3-5-12/h4,6-9H,1-3,5,10-11H2,(H,21,26). The van der Waals surface area contributed by atoms with Crippen LogP contribution in [0.3, 0.4) is 0 Å². The van der Waals surface area contributed by atoms with Crippen LogP contribution >= 0.6 is 0 Å². The molecule has 2 aromatic rings. The maximum absolute atomic E-state index is 12.2. The molecule has 27 heavy (non-hydrogen) atoms. The van der Waals surface area contributed by atoms with Crippen molar-refractivity contribution in [3.8, 4) is 11.4 Å². The highest BCUT2D eigenvalue weighted by Gasteiger charge is 2.31. The number of hydrogen-bond donors (Lipinski definition) is 1. The molecule has 144 valence electrons. The van der Waals surface area contributed by atoms with Crippen molar-refractivity contribution in [1.29, 1.82) is 0 Å². The fourth-order valence-electron chi connectivity index (χ4n) is 2.74. The summed E-state index contributed by atoms with van der Waals surface area (Å²) in [4.78, 5) is 13.2. The number of nitrogens with zero attached hydrogens (tertiary/aromatic N) is 4. The van der Waals surface area contributed by atoms with Crippen molar-refractivity contribution in [2.24, 2.45) is 0 Å². The van der Waals surface area contributed by atoms with Crippen LogP contribution in [-0.4, -0.2) is 39.0 Å². The van der Waals surface area contributed by atoms with Crippen molar-refractivity contribution >= 4 is 5.91 Å². The number of carbonyl (C=O) groups excluding carboxylic acids is 1. The molecule has 0 bridgehead atoms. The lowest BCUT2D eigenvalue weighted by atomic mass is 9.97. The normalized spacial score (nSPS) is 14.6. The smallest absolute Gasteiger partial charge is 0.406 e. The number of rotatable bonds is 6. The van der Waals surface area contributed by atoms with Gasteiger partial charge in [-0.2, -0.15) is 0 Å². The Morgan fingerprint density at radius 2 is 2.00 bits per heavy atom. The van der Waals surface area contributed by atoms with E-state index in [4.69, 9.17) is 0 Å². The molecular formula is C17H18F3N5O2. The van der Waals surface area contributed by atoms with E-state index in [1.54, 1.807) is 0 Å². The first kappa shape index (κ1) is 18.9. The monoisotopic (exact) mass is 381 g/mol. The molecule has 1 N–H and O–H groups in total. The van der Waals surface area contributed by atoms with E-state index in [9.17, 15) is 18.0 Å². The van der Waals surface area contributed by atoms with Crippen LogP contribution in [0, 0.1) is 0 Å². The van der Waals surface area contributed by atoms with Gasteiger partial charge in [-0.25, -0.2) is 0 Å². The van der Waals surface area contributed by atoms with Gasteiger partial charge in [0.15, 0.2) is 0 Å². The van der Waals surface area contributed by atoms with Crippen LogP contribution in [0.25, 0.3) is 5.69 Å². The molecule has 0 saturated heterocycles. The molecule has 1 heterocycles. The third-order valence-electron chi connectivity index (χ3n) is 4.03. The largest absolute Gasteiger partial charge is 0.573 e. The van der Waals surface area contributed by atoms with Crippen LogP contribution in [0.4, 0.5) is 13.2 Å². The van der Waals surface area contributed by atoms with E-state index in [-0.39, 0.29) is 11.6 Å². The number of nitrogens with one attached hydrogen (secondary N) is 1. The first-order chi connectivity index (χ1) is 12.9. The Morgan fingerprint density at radius 1 is 1.22 bits per heavy atom. The molecule has 0 unspecified atom stereocenters. The van der Waals surface area contributed by atoms with Gasteiger partial charge in [0.25, 0.3) is 11.7 Å². The highest BCUT2D eigenvalue weighted by atomic mass is 19.4. The third kappa shape index (κ3) is 5.53. The highest BCUT2D eigenvalue weighted by Crippen LogP contribution is 2.23. The van der Waals surface area contributed by atoms with Crippen molar-refractivity contribution in [1.82, 2.24) is 25.5 Å². The summed E-state index contributed by atoms with van der Waals surface area (Å²) in [5.74, 6) is -0.917. The van der Waals surface area contributed by atoms with Gasteiger partial charge < -0.3 is 10.1 Å². The summed E-state index contributed by atoms with van der Waals surface area (Å²) in [6.07, 6.45) is 2.81. The van der Waals surface area contributed by atoms with Crippen LogP contribution in [0.1, 0.15) is 42.7 Å². The molecule has 1 aromatic carbocycles. The van der Waals surface area contributed by atoms with E-state index >= 15 is 0 Å². The van der Waals surface area contributed by atoms with Gasteiger partial charge in [-0.3, -0.25) is 4.79 Å². The Morgan fingerprint density at radius 3 is 2.67 bits per heavy atom. The number of benzene rings is 1. The number of halogens is 3. The molecule has 0 fully saturated rings. The molecule has 0 atom stereocenters. The van der Waals surface area contributed by atoms with Crippen molar-refractivity contribution < 1.29 is 22.7 Å². The zero-order valence-electron chi connectivity index (χ0n) is 14.4. The first-order valence-electron chi connectivity index (χ1n) is 8.53.